The van der Waals surface area contributed by atoms with Gasteiger partial charge in [0, 0.05) is 18.1 Å². The van der Waals surface area contributed by atoms with Gasteiger partial charge >= 0.3 is 0 Å². The van der Waals surface area contributed by atoms with E-state index in [-0.39, 0.29) is 24.9 Å². The second kappa shape index (κ2) is 7.77. The summed E-state index contributed by atoms with van der Waals surface area (Å²) >= 11 is 6.00. The maximum Gasteiger partial charge on any atom is 0.235 e. The first-order valence-corrected chi connectivity index (χ1v) is 8.88. The van der Waals surface area contributed by atoms with Gasteiger partial charge in [0.1, 0.15) is 0 Å². The van der Waals surface area contributed by atoms with Crippen LogP contribution in [0.25, 0.3) is 0 Å². The standard InChI is InChI=1S/C14H21ClN2O3S/c1-11(2)9-17(21(3,19)20)10-14(18)16-8-12-6-4-5-7-13(12)15/h4-7,11H,8-10H2,1-3H3,(H,16,18). The maximum absolute atomic E-state index is 11.9. The van der Waals surface area contributed by atoms with Crippen LogP contribution in [0.1, 0.15) is 19.4 Å². The lowest BCUT2D eigenvalue weighted by molar-refractivity contribution is -0.121. The molecule has 0 aliphatic heterocycles. The number of rotatable bonds is 7. The van der Waals surface area contributed by atoms with Crippen molar-refractivity contribution in [1.29, 1.82) is 0 Å². The Kier molecular flexibility index (Phi) is 6.64. The van der Waals surface area contributed by atoms with Crippen LogP contribution in [0.4, 0.5) is 0 Å². The van der Waals surface area contributed by atoms with Gasteiger partial charge in [0.25, 0.3) is 0 Å². The van der Waals surface area contributed by atoms with Gasteiger partial charge in [-0.15, -0.1) is 0 Å². The van der Waals surface area contributed by atoms with E-state index in [9.17, 15) is 13.2 Å². The number of halogens is 1. The summed E-state index contributed by atoms with van der Waals surface area (Å²) in [6, 6.07) is 7.19. The van der Waals surface area contributed by atoms with Crippen LogP contribution in [0.15, 0.2) is 24.3 Å². The predicted octanol–water partition coefficient (Wildman–Crippen LogP) is 1.87. The van der Waals surface area contributed by atoms with Gasteiger partial charge in [-0.05, 0) is 17.5 Å². The lowest BCUT2D eigenvalue weighted by Gasteiger charge is -2.21. The van der Waals surface area contributed by atoms with Crippen LogP contribution < -0.4 is 5.32 Å². The average Bonchev–Trinajstić information content (AvgIpc) is 2.35. The van der Waals surface area contributed by atoms with Gasteiger partial charge in [-0.3, -0.25) is 4.79 Å². The lowest BCUT2D eigenvalue weighted by Crippen LogP contribution is -2.41. The third-order valence-electron chi connectivity index (χ3n) is 2.79. The zero-order valence-electron chi connectivity index (χ0n) is 12.5. The van der Waals surface area contributed by atoms with Gasteiger partial charge in [-0.1, -0.05) is 43.6 Å². The highest BCUT2D eigenvalue weighted by Crippen LogP contribution is 2.14. The van der Waals surface area contributed by atoms with Crippen LogP contribution >= 0.6 is 11.6 Å². The van der Waals surface area contributed by atoms with Crippen molar-refractivity contribution in [2.45, 2.75) is 20.4 Å². The normalized spacial score (nSPS) is 11.9. The van der Waals surface area contributed by atoms with E-state index in [2.05, 4.69) is 5.32 Å². The molecule has 1 amide bonds. The minimum atomic E-state index is -3.40. The Balaban J connectivity index is 2.61. The zero-order chi connectivity index (χ0) is 16.0. The molecule has 0 aliphatic carbocycles. The third kappa shape index (κ3) is 6.46. The van der Waals surface area contributed by atoms with Gasteiger partial charge in [-0.2, -0.15) is 4.31 Å². The number of carbonyl (C=O) groups excluding carboxylic acids is 1. The van der Waals surface area contributed by atoms with Crippen LogP contribution in [0.5, 0.6) is 0 Å². The molecule has 0 unspecified atom stereocenters. The number of hydrogen-bond acceptors (Lipinski definition) is 3. The Morgan fingerprint density at radius 1 is 1.33 bits per heavy atom. The largest absolute Gasteiger partial charge is 0.351 e. The van der Waals surface area contributed by atoms with E-state index in [1.54, 1.807) is 6.07 Å². The molecule has 1 aromatic rings. The van der Waals surface area contributed by atoms with Crippen LogP contribution in [-0.2, 0) is 21.4 Å². The molecule has 0 heterocycles. The molecule has 1 rings (SSSR count). The van der Waals surface area contributed by atoms with Crippen molar-refractivity contribution in [2.75, 3.05) is 19.3 Å². The van der Waals surface area contributed by atoms with Crippen molar-refractivity contribution in [1.82, 2.24) is 9.62 Å². The first-order valence-electron chi connectivity index (χ1n) is 6.65. The molecule has 0 aromatic heterocycles. The summed E-state index contributed by atoms with van der Waals surface area (Å²) in [6.07, 6.45) is 1.11. The van der Waals surface area contributed by atoms with Crippen LogP contribution in [0, 0.1) is 5.92 Å². The van der Waals surface area contributed by atoms with Gasteiger partial charge in [0.05, 0.1) is 12.8 Å². The van der Waals surface area contributed by atoms with Gasteiger partial charge < -0.3 is 5.32 Å². The molecule has 7 heteroatoms. The monoisotopic (exact) mass is 332 g/mol. The number of hydrogen-bond donors (Lipinski definition) is 1. The predicted molar refractivity (Wildman–Crippen MR) is 84.6 cm³/mol. The second-order valence-corrected chi connectivity index (χ2v) is 7.71. The first-order chi connectivity index (χ1) is 9.70. The zero-order valence-corrected chi connectivity index (χ0v) is 14.0. The Morgan fingerprint density at radius 3 is 2.48 bits per heavy atom. The van der Waals surface area contributed by atoms with Crippen LogP contribution in [-0.4, -0.2) is 38.0 Å². The fourth-order valence-electron chi connectivity index (χ4n) is 1.78. The minimum absolute atomic E-state index is 0.149. The Morgan fingerprint density at radius 2 is 1.95 bits per heavy atom. The molecule has 0 fully saturated rings. The summed E-state index contributed by atoms with van der Waals surface area (Å²) in [6.45, 7) is 4.22. The van der Waals surface area contributed by atoms with E-state index in [4.69, 9.17) is 11.6 Å². The van der Waals surface area contributed by atoms with E-state index in [1.807, 2.05) is 32.0 Å². The number of benzene rings is 1. The summed E-state index contributed by atoms with van der Waals surface area (Å²) in [5, 5.41) is 3.26. The van der Waals surface area contributed by atoms with E-state index in [0.29, 0.717) is 11.6 Å². The molecule has 0 bridgehead atoms. The summed E-state index contributed by atoms with van der Waals surface area (Å²) in [4.78, 5) is 11.9. The van der Waals surface area contributed by atoms with Crippen molar-refractivity contribution in [3.63, 3.8) is 0 Å². The quantitative estimate of drug-likeness (QED) is 0.829. The van der Waals surface area contributed by atoms with Gasteiger partial charge in [-0.25, -0.2) is 8.42 Å². The van der Waals surface area contributed by atoms with Crippen LogP contribution in [0.3, 0.4) is 0 Å². The molecule has 0 aliphatic rings. The lowest BCUT2D eigenvalue weighted by atomic mass is 10.2. The van der Waals surface area contributed by atoms with Crippen molar-refractivity contribution < 1.29 is 13.2 Å². The van der Waals surface area contributed by atoms with E-state index in [1.165, 1.54) is 4.31 Å². The molecule has 0 spiro atoms. The van der Waals surface area contributed by atoms with Gasteiger partial charge in [0.15, 0.2) is 0 Å². The second-order valence-electron chi connectivity index (χ2n) is 5.32. The third-order valence-corrected chi connectivity index (χ3v) is 4.38. The highest BCUT2D eigenvalue weighted by Gasteiger charge is 2.20. The molecule has 0 atom stereocenters. The molecule has 0 saturated heterocycles. The number of sulfonamides is 1. The topological polar surface area (TPSA) is 66.5 Å². The average molecular weight is 333 g/mol. The minimum Gasteiger partial charge on any atom is -0.351 e. The fourth-order valence-corrected chi connectivity index (χ4v) is 2.90. The Bertz CT molecular complexity index is 588. The molecule has 0 radical (unpaired) electrons. The smallest absolute Gasteiger partial charge is 0.235 e. The van der Waals surface area contributed by atoms with Crippen molar-refractivity contribution in [3.8, 4) is 0 Å². The van der Waals surface area contributed by atoms with Gasteiger partial charge in [0.2, 0.25) is 15.9 Å². The van der Waals surface area contributed by atoms with Crippen molar-refractivity contribution >= 4 is 27.5 Å². The highest BCUT2D eigenvalue weighted by molar-refractivity contribution is 7.88. The maximum atomic E-state index is 11.9. The molecule has 118 valence electrons. The Labute approximate surface area is 131 Å². The number of nitrogens with zero attached hydrogens (tertiary/aromatic N) is 1. The van der Waals surface area contributed by atoms with Crippen molar-refractivity contribution in [3.05, 3.63) is 34.9 Å². The molecule has 0 saturated carbocycles. The molecule has 1 N–H and O–H groups in total. The fraction of sp³-hybridized carbons (Fsp3) is 0.500. The summed E-state index contributed by atoms with van der Waals surface area (Å²) < 4.78 is 24.5. The number of nitrogens with one attached hydrogen (secondary N) is 1. The number of amides is 1. The Hall–Kier alpha value is -1.11. The summed E-state index contributed by atoms with van der Waals surface area (Å²) in [7, 11) is -3.40. The molecular formula is C14H21ClN2O3S. The molecular weight excluding hydrogens is 312 g/mol. The summed E-state index contributed by atoms with van der Waals surface area (Å²) in [5.41, 5.74) is 0.794. The molecule has 1 aromatic carbocycles. The van der Waals surface area contributed by atoms with E-state index < -0.39 is 10.0 Å². The van der Waals surface area contributed by atoms with Crippen molar-refractivity contribution in [2.24, 2.45) is 5.92 Å². The summed E-state index contributed by atoms with van der Waals surface area (Å²) in [5.74, 6) is -0.197. The van der Waals surface area contributed by atoms with E-state index in [0.717, 1.165) is 11.8 Å². The molecule has 21 heavy (non-hydrogen) atoms. The number of carbonyl (C=O) groups is 1. The van der Waals surface area contributed by atoms with E-state index >= 15 is 0 Å². The SMILES string of the molecule is CC(C)CN(CC(=O)NCc1ccccc1Cl)S(C)(=O)=O. The highest BCUT2D eigenvalue weighted by atomic mass is 35.5. The molecule has 5 nitrogen and oxygen atoms in total. The first kappa shape index (κ1) is 17.9. The van der Waals surface area contributed by atoms with Crippen LogP contribution in [0.2, 0.25) is 5.02 Å².